The Morgan fingerprint density at radius 2 is 2.05 bits per heavy atom. The summed E-state index contributed by atoms with van der Waals surface area (Å²) in [5.74, 6) is 0. The Labute approximate surface area is 123 Å². The number of piperazine rings is 1. The molecule has 0 aromatic rings. The maximum Gasteiger partial charge on any atom is 0.0829 e. The first-order valence-corrected chi connectivity index (χ1v) is 8.34. The highest BCUT2D eigenvalue weighted by molar-refractivity contribution is 4.90. The van der Waals surface area contributed by atoms with Crippen molar-refractivity contribution < 1.29 is 4.74 Å². The van der Waals surface area contributed by atoms with Gasteiger partial charge in [0, 0.05) is 44.8 Å². The maximum atomic E-state index is 6.11. The zero-order valence-electron chi connectivity index (χ0n) is 13.4. The minimum atomic E-state index is 0.339. The molecule has 3 heterocycles. The van der Waals surface area contributed by atoms with Crippen LogP contribution in [0.4, 0.5) is 0 Å². The molecule has 0 radical (unpaired) electrons. The molecule has 3 saturated heterocycles. The Kier molecular flexibility index (Phi) is 4.37. The molecule has 3 unspecified atom stereocenters. The lowest BCUT2D eigenvalue weighted by molar-refractivity contribution is -0.0648. The molecule has 3 aliphatic rings. The summed E-state index contributed by atoms with van der Waals surface area (Å²) >= 11 is 0. The summed E-state index contributed by atoms with van der Waals surface area (Å²) in [6.45, 7) is 14.9. The van der Waals surface area contributed by atoms with E-state index in [1.54, 1.807) is 0 Å². The first-order chi connectivity index (χ1) is 9.52. The van der Waals surface area contributed by atoms with Crippen LogP contribution in [0.5, 0.6) is 0 Å². The number of ether oxygens (including phenoxy) is 1. The molecule has 0 aromatic carbocycles. The highest BCUT2D eigenvalue weighted by Crippen LogP contribution is 2.25. The molecule has 0 bridgehead atoms. The molecule has 4 nitrogen and oxygen atoms in total. The molecule has 3 rings (SSSR count). The summed E-state index contributed by atoms with van der Waals surface area (Å²) in [7, 11) is 0. The zero-order valence-corrected chi connectivity index (χ0v) is 13.4. The molecule has 3 atom stereocenters. The molecule has 116 valence electrons. The van der Waals surface area contributed by atoms with Crippen LogP contribution < -0.4 is 5.32 Å². The molecular formula is C16H31N3O. The third-order valence-corrected chi connectivity index (χ3v) is 5.23. The molecule has 0 aliphatic carbocycles. The highest BCUT2D eigenvalue weighted by atomic mass is 16.5. The van der Waals surface area contributed by atoms with Crippen LogP contribution >= 0.6 is 0 Å². The average Bonchev–Trinajstić information content (AvgIpc) is 2.85. The van der Waals surface area contributed by atoms with Gasteiger partial charge in [0.25, 0.3) is 0 Å². The Morgan fingerprint density at radius 1 is 1.20 bits per heavy atom. The van der Waals surface area contributed by atoms with Gasteiger partial charge in [0.1, 0.15) is 0 Å². The molecule has 0 aromatic heterocycles. The molecular weight excluding hydrogens is 250 g/mol. The summed E-state index contributed by atoms with van der Waals surface area (Å²) in [5, 5.41) is 3.67. The third-order valence-electron chi connectivity index (χ3n) is 5.23. The molecule has 1 N–H and O–H groups in total. The summed E-state index contributed by atoms with van der Waals surface area (Å²) in [4.78, 5) is 5.26. The number of hydrogen-bond acceptors (Lipinski definition) is 4. The number of nitrogens with zero attached hydrogens (tertiary/aromatic N) is 2. The van der Waals surface area contributed by atoms with E-state index in [4.69, 9.17) is 4.74 Å². The van der Waals surface area contributed by atoms with Gasteiger partial charge < -0.3 is 10.1 Å². The molecule has 0 amide bonds. The van der Waals surface area contributed by atoms with Crippen LogP contribution in [0.3, 0.4) is 0 Å². The number of nitrogens with one attached hydrogen (secondary N) is 1. The van der Waals surface area contributed by atoms with Gasteiger partial charge in [-0.05, 0) is 24.8 Å². The lowest BCUT2D eigenvalue weighted by atomic mass is 9.85. The van der Waals surface area contributed by atoms with Gasteiger partial charge in [0.05, 0.1) is 12.7 Å². The van der Waals surface area contributed by atoms with Crippen molar-refractivity contribution in [3.05, 3.63) is 0 Å². The van der Waals surface area contributed by atoms with Crippen LogP contribution in [0, 0.1) is 5.41 Å². The lowest BCUT2D eigenvalue weighted by Gasteiger charge is -2.43. The van der Waals surface area contributed by atoms with E-state index in [-0.39, 0.29) is 0 Å². The quantitative estimate of drug-likeness (QED) is 0.822. The van der Waals surface area contributed by atoms with Crippen molar-refractivity contribution >= 4 is 0 Å². The minimum absolute atomic E-state index is 0.339. The second kappa shape index (κ2) is 5.91. The van der Waals surface area contributed by atoms with Crippen molar-refractivity contribution in [3.8, 4) is 0 Å². The number of hydrogen-bond donors (Lipinski definition) is 1. The summed E-state index contributed by atoms with van der Waals surface area (Å²) < 4.78 is 6.11. The van der Waals surface area contributed by atoms with Crippen molar-refractivity contribution in [2.75, 3.05) is 45.9 Å². The Hall–Kier alpha value is -0.160. The van der Waals surface area contributed by atoms with E-state index in [1.165, 1.54) is 19.4 Å². The fraction of sp³-hybridized carbons (Fsp3) is 1.00. The van der Waals surface area contributed by atoms with E-state index in [9.17, 15) is 0 Å². The van der Waals surface area contributed by atoms with Gasteiger partial charge in [0.15, 0.2) is 0 Å². The third kappa shape index (κ3) is 3.35. The van der Waals surface area contributed by atoms with Gasteiger partial charge in [-0.2, -0.15) is 0 Å². The number of rotatable bonds is 2. The van der Waals surface area contributed by atoms with Gasteiger partial charge in [-0.1, -0.05) is 20.8 Å². The molecule has 4 heteroatoms. The SMILES string of the molecule is CC(C)(C)C1CN(CC2CN3CCCC3CO2)CCN1. The lowest BCUT2D eigenvalue weighted by Crippen LogP contribution is -2.58. The fourth-order valence-corrected chi connectivity index (χ4v) is 3.84. The summed E-state index contributed by atoms with van der Waals surface area (Å²) in [6, 6.07) is 1.32. The monoisotopic (exact) mass is 281 g/mol. The van der Waals surface area contributed by atoms with Crippen LogP contribution in [0.25, 0.3) is 0 Å². The molecule has 0 saturated carbocycles. The van der Waals surface area contributed by atoms with E-state index < -0.39 is 0 Å². The molecule has 20 heavy (non-hydrogen) atoms. The Morgan fingerprint density at radius 3 is 2.85 bits per heavy atom. The zero-order chi connectivity index (χ0) is 14.2. The predicted octanol–water partition coefficient (Wildman–Crippen LogP) is 1.17. The highest BCUT2D eigenvalue weighted by Gasteiger charge is 2.35. The Bertz CT molecular complexity index is 328. The minimum Gasteiger partial charge on any atom is -0.374 e. The molecule has 3 aliphatic heterocycles. The number of fused-ring (bicyclic) bond motifs is 1. The first-order valence-electron chi connectivity index (χ1n) is 8.34. The second-order valence-corrected chi connectivity index (χ2v) is 7.88. The van der Waals surface area contributed by atoms with Crippen molar-refractivity contribution in [2.45, 2.75) is 51.8 Å². The van der Waals surface area contributed by atoms with Crippen molar-refractivity contribution in [1.82, 2.24) is 15.1 Å². The van der Waals surface area contributed by atoms with Gasteiger partial charge in [0.2, 0.25) is 0 Å². The maximum absolute atomic E-state index is 6.11. The molecule has 0 spiro atoms. The largest absolute Gasteiger partial charge is 0.374 e. The van der Waals surface area contributed by atoms with E-state index in [1.807, 2.05) is 0 Å². The topological polar surface area (TPSA) is 27.7 Å². The van der Waals surface area contributed by atoms with E-state index in [0.717, 1.165) is 45.4 Å². The van der Waals surface area contributed by atoms with Gasteiger partial charge in [-0.3, -0.25) is 9.80 Å². The smallest absolute Gasteiger partial charge is 0.0829 e. The summed E-state index contributed by atoms with van der Waals surface area (Å²) in [5.41, 5.74) is 0.339. The van der Waals surface area contributed by atoms with Crippen LogP contribution in [0.2, 0.25) is 0 Å². The van der Waals surface area contributed by atoms with Crippen molar-refractivity contribution in [2.24, 2.45) is 5.41 Å². The van der Waals surface area contributed by atoms with Gasteiger partial charge in [-0.15, -0.1) is 0 Å². The summed E-state index contributed by atoms with van der Waals surface area (Å²) in [6.07, 6.45) is 3.12. The van der Waals surface area contributed by atoms with E-state index >= 15 is 0 Å². The van der Waals surface area contributed by atoms with Crippen molar-refractivity contribution in [3.63, 3.8) is 0 Å². The second-order valence-electron chi connectivity index (χ2n) is 7.88. The average molecular weight is 281 g/mol. The molecule has 3 fully saturated rings. The van der Waals surface area contributed by atoms with Crippen LogP contribution in [-0.2, 0) is 4.74 Å². The first kappa shape index (κ1) is 14.8. The van der Waals surface area contributed by atoms with Gasteiger partial charge >= 0.3 is 0 Å². The normalized spacial score (nSPS) is 37.0. The van der Waals surface area contributed by atoms with E-state index in [2.05, 4.69) is 35.9 Å². The van der Waals surface area contributed by atoms with Crippen molar-refractivity contribution in [1.29, 1.82) is 0 Å². The van der Waals surface area contributed by atoms with Crippen LogP contribution in [-0.4, -0.2) is 73.9 Å². The van der Waals surface area contributed by atoms with Gasteiger partial charge in [-0.25, -0.2) is 0 Å². The van der Waals surface area contributed by atoms with Crippen LogP contribution in [0.1, 0.15) is 33.6 Å². The van der Waals surface area contributed by atoms with E-state index in [0.29, 0.717) is 17.6 Å². The standard InChI is InChI=1S/C16H31N3O/c1-16(2,3)15-11-18(8-6-17-15)9-14-10-19-7-4-5-13(19)12-20-14/h13-15,17H,4-12H2,1-3H3. The van der Waals surface area contributed by atoms with Crippen LogP contribution in [0.15, 0.2) is 0 Å². The predicted molar refractivity (Wildman–Crippen MR) is 82.0 cm³/mol. The number of morpholine rings is 1. The Balaban J connectivity index is 1.50. The fourth-order valence-electron chi connectivity index (χ4n) is 3.84.